The molecule has 2 aromatic carbocycles. The molecule has 1 heterocycles. The molecule has 3 nitrogen and oxygen atoms in total. The van der Waals surface area contributed by atoms with Crippen molar-refractivity contribution in [2.45, 2.75) is 24.3 Å². The maximum atomic E-state index is 12.1. The molecular weight excluding hydrogens is 306 g/mol. The zero-order chi connectivity index (χ0) is 15.0. The largest absolute Gasteiger partial charge is 0.378 e. The van der Waals surface area contributed by atoms with E-state index in [0.29, 0.717) is 16.3 Å². The lowest BCUT2D eigenvalue weighted by Crippen LogP contribution is -2.24. The van der Waals surface area contributed by atoms with Gasteiger partial charge in [0.05, 0.1) is 16.7 Å². The third-order valence-corrected chi connectivity index (χ3v) is 6.13. The van der Waals surface area contributed by atoms with Crippen LogP contribution in [0.15, 0.2) is 47.4 Å². The van der Waals surface area contributed by atoms with E-state index < -0.39 is 9.84 Å². The number of halogens is 1. The minimum Gasteiger partial charge on any atom is -0.378 e. The zero-order valence-electron chi connectivity index (χ0n) is 11.6. The van der Waals surface area contributed by atoms with Gasteiger partial charge >= 0.3 is 0 Å². The van der Waals surface area contributed by atoms with Crippen LogP contribution in [-0.2, 0) is 9.84 Å². The first-order chi connectivity index (χ1) is 9.99. The molecule has 21 heavy (non-hydrogen) atoms. The third-order valence-electron chi connectivity index (χ3n) is 3.90. The fourth-order valence-electron chi connectivity index (χ4n) is 2.69. The van der Waals surface area contributed by atoms with Gasteiger partial charge < -0.3 is 5.32 Å². The van der Waals surface area contributed by atoms with Gasteiger partial charge in [-0.25, -0.2) is 8.42 Å². The normalized spacial score (nSPS) is 19.8. The molecule has 2 aromatic rings. The van der Waals surface area contributed by atoms with Crippen molar-refractivity contribution < 1.29 is 8.42 Å². The second kappa shape index (κ2) is 5.35. The molecule has 0 spiro atoms. The number of sulfone groups is 1. The molecule has 0 amide bonds. The summed E-state index contributed by atoms with van der Waals surface area (Å²) in [5.74, 6) is 0.168. The highest BCUT2D eigenvalue weighted by molar-refractivity contribution is 7.91. The Morgan fingerprint density at radius 1 is 1.14 bits per heavy atom. The minimum absolute atomic E-state index is 0.0121. The van der Waals surface area contributed by atoms with E-state index in [4.69, 9.17) is 11.6 Å². The summed E-state index contributed by atoms with van der Waals surface area (Å²) in [5, 5.41) is 4.14. The Morgan fingerprint density at radius 2 is 1.90 bits per heavy atom. The Morgan fingerprint density at radius 3 is 2.71 bits per heavy atom. The van der Waals surface area contributed by atoms with Crippen LogP contribution in [0, 0.1) is 6.92 Å². The van der Waals surface area contributed by atoms with Crippen molar-refractivity contribution in [3.05, 3.63) is 58.6 Å². The van der Waals surface area contributed by atoms with Crippen LogP contribution in [-0.4, -0.2) is 14.2 Å². The van der Waals surface area contributed by atoms with Crippen LogP contribution in [0.25, 0.3) is 0 Å². The van der Waals surface area contributed by atoms with Gasteiger partial charge in [0.1, 0.15) is 0 Å². The van der Waals surface area contributed by atoms with Gasteiger partial charge in [0.25, 0.3) is 0 Å². The molecule has 110 valence electrons. The van der Waals surface area contributed by atoms with E-state index in [0.717, 1.165) is 16.8 Å². The highest BCUT2D eigenvalue weighted by Crippen LogP contribution is 2.35. The summed E-state index contributed by atoms with van der Waals surface area (Å²) < 4.78 is 24.3. The molecule has 1 aliphatic rings. The summed E-state index contributed by atoms with van der Waals surface area (Å²) in [6.07, 6.45) is 0.561. The second-order valence-electron chi connectivity index (χ2n) is 5.25. The molecule has 0 bridgehead atoms. The molecule has 1 unspecified atom stereocenters. The highest BCUT2D eigenvalue weighted by atomic mass is 35.5. The summed E-state index contributed by atoms with van der Waals surface area (Å²) >= 11 is 6.14. The molecule has 0 saturated carbocycles. The van der Waals surface area contributed by atoms with Crippen molar-refractivity contribution >= 4 is 27.1 Å². The van der Waals surface area contributed by atoms with Crippen molar-refractivity contribution in [2.75, 3.05) is 11.1 Å². The highest BCUT2D eigenvalue weighted by Gasteiger charge is 2.30. The SMILES string of the molecule is Cc1c(Cl)cccc1NC1CCS(=O)(=O)c2ccccc21. The van der Waals surface area contributed by atoms with Crippen LogP contribution >= 0.6 is 11.6 Å². The van der Waals surface area contributed by atoms with Gasteiger partial charge in [-0.15, -0.1) is 0 Å². The molecule has 0 aromatic heterocycles. The van der Waals surface area contributed by atoms with Crippen molar-refractivity contribution in [1.29, 1.82) is 0 Å². The molecule has 0 fully saturated rings. The number of benzene rings is 2. The van der Waals surface area contributed by atoms with Gasteiger partial charge in [-0.3, -0.25) is 0 Å². The molecule has 0 radical (unpaired) electrons. The predicted molar refractivity (Wildman–Crippen MR) is 85.7 cm³/mol. The van der Waals surface area contributed by atoms with E-state index in [1.807, 2.05) is 37.3 Å². The minimum atomic E-state index is -3.15. The van der Waals surface area contributed by atoms with Gasteiger partial charge in [0.15, 0.2) is 9.84 Å². The fourth-order valence-corrected chi connectivity index (χ4v) is 4.49. The first-order valence-electron chi connectivity index (χ1n) is 6.82. The number of hydrogen-bond donors (Lipinski definition) is 1. The monoisotopic (exact) mass is 321 g/mol. The first-order valence-corrected chi connectivity index (χ1v) is 8.85. The Kier molecular flexibility index (Phi) is 3.68. The van der Waals surface area contributed by atoms with E-state index in [1.54, 1.807) is 12.1 Å². The standard InChI is InChI=1S/C16H16ClNO2S/c1-11-13(17)6-4-7-14(11)18-15-9-10-21(19,20)16-8-3-2-5-12(15)16/h2-8,15,18H,9-10H2,1H3. The number of fused-ring (bicyclic) bond motifs is 1. The van der Waals surface area contributed by atoms with E-state index in [9.17, 15) is 8.42 Å². The van der Waals surface area contributed by atoms with Crippen LogP contribution in [0.3, 0.4) is 0 Å². The van der Waals surface area contributed by atoms with E-state index in [1.165, 1.54) is 0 Å². The summed E-state index contributed by atoms with van der Waals surface area (Å²) in [6.45, 7) is 1.95. The topological polar surface area (TPSA) is 46.2 Å². The van der Waals surface area contributed by atoms with Gasteiger partial charge in [-0.05, 0) is 42.7 Å². The lowest BCUT2D eigenvalue weighted by atomic mass is 10.0. The molecule has 1 aliphatic heterocycles. The smallest absolute Gasteiger partial charge is 0.178 e. The maximum Gasteiger partial charge on any atom is 0.178 e. The van der Waals surface area contributed by atoms with Crippen LogP contribution < -0.4 is 5.32 Å². The lowest BCUT2D eigenvalue weighted by molar-refractivity contribution is 0.576. The summed E-state index contributed by atoms with van der Waals surface area (Å²) in [6, 6.07) is 12.9. The average Bonchev–Trinajstić information content (AvgIpc) is 2.47. The molecule has 1 N–H and O–H groups in total. The number of anilines is 1. The van der Waals surface area contributed by atoms with Crippen LogP contribution in [0.2, 0.25) is 5.02 Å². The van der Waals surface area contributed by atoms with Gasteiger partial charge in [-0.2, -0.15) is 0 Å². The summed E-state index contributed by atoms with van der Waals surface area (Å²) in [7, 11) is -3.15. The fraction of sp³-hybridized carbons (Fsp3) is 0.250. The van der Waals surface area contributed by atoms with E-state index in [-0.39, 0.29) is 11.8 Å². The van der Waals surface area contributed by atoms with Crippen molar-refractivity contribution in [3.8, 4) is 0 Å². The quantitative estimate of drug-likeness (QED) is 0.910. The molecule has 3 rings (SSSR count). The third kappa shape index (κ3) is 2.65. The van der Waals surface area contributed by atoms with Crippen LogP contribution in [0.5, 0.6) is 0 Å². The van der Waals surface area contributed by atoms with Gasteiger partial charge in [0, 0.05) is 10.7 Å². The first kappa shape index (κ1) is 14.4. The number of nitrogens with one attached hydrogen (secondary N) is 1. The maximum absolute atomic E-state index is 12.1. The van der Waals surface area contributed by atoms with E-state index in [2.05, 4.69) is 5.32 Å². The Hall–Kier alpha value is -1.52. The Bertz CT molecular complexity index is 787. The average molecular weight is 322 g/mol. The van der Waals surface area contributed by atoms with Crippen molar-refractivity contribution in [3.63, 3.8) is 0 Å². The lowest BCUT2D eigenvalue weighted by Gasteiger charge is -2.27. The zero-order valence-corrected chi connectivity index (χ0v) is 13.2. The summed E-state index contributed by atoms with van der Waals surface area (Å²) in [5.41, 5.74) is 2.76. The molecule has 0 saturated heterocycles. The Balaban J connectivity index is 2.00. The van der Waals surface area contributed by atoms with Gasteiger partial charge in [0.2, 0.25) is 0 Å². The van der Waals surface area contributed by atoms with Crippen LogP contribution in [0.1, 0.15) is 23.6 Å². The van der Waals surface area contributed by atoms with Crippen LogP contribution in [0.4, 0.5) is 5.69 Å². The summed E-state index contributed by atoms with van der Waals surface area (Å²) in [4.78, 5) is 0.438. The number of hydrogen-bond acceptors (Lipinski definition) is 3. The molecule has 1 atom stereocenters. The second-order valence-corrected chi connectivity index (χ2v) is 7.74. The molecule has 0 aliphatic carbocycles. The molecule has 5 heteroatoms. The van der Waals surface area contributed by atoms with Gasteiger partial charge in [-0.1, -0.05) is 35.9 Å². The van der Waals surface area contributed by atoms with E-state index >= 15 is 0 Å². The Labute approximate surface area is 129 Å². The van der Waals surface area contributed by atoms with Crippen molar-refractivity contribution in [1.82, 2.24) is 0 Å². The molecular formula is C16H16ClNO2S. The number of rotatable bonds is 2. The van der Waals surface area contributed by atoms with Crippen molar-refractivity contribution in [2.24, 2.45) is 0 Å². The predicted octanol–water partition coefficient (Wildman–Crippen LogP) is 3.98.